The second-order valence-electron chi connectivity index (χ2n) is 3.94. The van der Waals surface area contributed by atoms with Gasteiger partial charge >= 0.3 is 0 Å². The molecular formula is C10H20N2. The van der Waals surface area contributed by atoms with Crippen LogP contribution in [-0.4, -0.2) is 25.3 Å². The normalized spacial score (nSPS) is 20.9. The lowest BCUT2D eigenvalue weighted by Crippen LogP contribution is -2.29. The van der Waals surface area contributed by atoms with Gasteiger partial charge in [0.25, 0.3) is 0 Å². The first kappa shape index (κ1) is 9.72. The van der Waals surface area contributed by atoms with Crippen molar-refractivity contribution < 1.29 is 0 Å². The standard InChI is InChI=1S/C10H20N2/c1-9(2)3-8-12-10-4-6-11-7-5-10/h8-11H,3-7H2,1-2H3. The van der Waals surface area contributed by atoms with Crippen molar-refractivity contribution >= 4 is 6.21 Å². The molecule has 1 N–H and O–H groups in total. The van der Waals surface area contributed by atoms with E-state index in [2.05, 4.69) is 30.4 Å². The maximum Gasteiger partial charge on any atom is 0.0519 e. The van der Waals surface area contributed by atoms with Crippen LogP contribution < -0.4 is 5.32 Å². The summed E-state index contributed by atoms with van der Waals surface area (Å²) in [5.41, 5.74) is 0. The fourth-order valence-corrected chi connectivity index (χ4v) is 1.38. The largest absolute Gasteiger partial charge is 0.317 e. The molecule has 1 heterocycles. The van der Waals surface area contributed by atoms with E-state index in [4.69, 9.17) is 0 Å². The topological polar surface area (TPSA) is 24.4 Å². The molecular weight excluding hydrogens is 148 g/mol. The molecule has 0 atom stereocenters. The molecule has 1 fully saturated rings. The van der Waals surface area contributed by atoms with Gasteiger partial charge in [0.05, 0.1) is 6.04 Å². The Morgan fingerprint density at radius 1 is 1.42 bits per heavy atom. The van der Waals surface area contributed by atoms with E-state index in [9.17, 15) is 0 Å². The summed E-state index contributed by atoms with van der Waals surface area (Å²) in [5, 5.41) is 3.34. The Morgan fingerprint density at radius 2 is 2.08 bits per heavy atom. The van der Waals surface area contributed by atoms with Crippen molar-refractivity contribution in [1.29, 1.82) is 0 Å². The second kappa shape index (κ2) is 5.31. The van der Waals surface area contributed by atoms with Gasteiger partial charge in [-0.1, -0.05) is 13.8 Å². The van der Waals surface area contributed by atoms with E-state index in [1.807, 2.05) is 0 Å². The highest BCUT2D eigenvalue weighted by atomic mass is 14.9. The maximum absolute atomic E-state index is 4.56. The lowest BCUT2D eigenvalue weighted by atomic mass is 10.1. The van der Waals surface area contributed by atoms with Gasteiger partial charge in [0.2, 0.25) is 0 Å². The van der Waals surface area contributed by atoms with Gasteiger partial charge < -0.3 is 5.32 Å². The van der Waals surface area contributed by atoms with Crippen LogP contribution in [0.1, 0.15) is 33.1 Å². The van der Waals surface area contributed by atoms with Gasteiger partial charge in [-0.05, 0) is 44.5 Å². The van der Waals surface area contributed by atoms with Crippen molar-refractivity contribution in [3.63, 3.8) is 0 Å². The molecule has 0 spiro atoms. The Bertz CT molecular complexity index is 135. The molecule has 2 heteroatoms. The molecule has 0 aromatic heterocycles. The average Bonchev–Trinajstić information content (AvgIpc) is 2.05. The van der Waals surface area contributed by atoms with Crippen molar-refractivity contribution in [1.82, 2.24) is 5.32 Å². The molecule has 2 nitrogen and oxygen atoms in total. The number of aliphatic imine (C=N–C) groups is 1. The lowest BCUT2D eigenvalue weighted by Gasteiger charge is -2.18. The van der Waals surface area contributed by atoms with Crippen LogP contribution in [0.2, 0.25) is 0 Å². The van der Waals surface area contributed by atoms with Crippen molar-refractivity contribution in [2.75, 3.05) is 13.1 Å². The van der Waals surface area contributed by atoms with Crippen LogP contribution in [0, 0.1) is 5.92 Å². The molecule has 1 saturated heterocycles. The van der Waals surface area contributed by atoms with Crippen LogP contribution in [0.5, 0.6) is 0 Å². The van der Waals surface area contributed by atoms with Gasteiger partial charge in [0, 0.05) is 0 Å². The van der Waals surface area contributed by atoms with E-state index in [-0.39, 0.29) is 0 Å². The van der Waals surface area contributed by atoms with Crippen LogP contribution in [0.15, 0.2) is 4.99 Å². The summed E-state index contributed by atoms with van der Waals surface area (Å²) >= 11 is 0. The summed E-state index contributed by atoms with van der Waals surface area (Å²) in [7, 11) is 0. The molecule has 70 valence electrons. The third-order valence-electron chi connectivity index (χ3n) is 2.20. The van der Waals surface area contributed by atoms with Gasteiger partial charge in [-0.25, -0.2) is 0 Å². The third-order valence-corrected chi connectivity index (χ3v) is 2.20. The maximum atomic E-state index is 4.56. The lowest BCUT2D eigenvalue weighted by molar-refractivity contribution is 0.459. The minimum atomic E-state index is 0.602. The number of piperidine rings is 1. The van der Waals surface area contributed by atoms with Crippen LogP contribution in [0.25, 0.3) is 0 Å². The molecule has 0 bridgehead atoms. The van der Waals surface area contributed by atoms with E-state index in [1.54, 1.807) is 0 Å². The van der Waals surface area contributed by atoms with Crippen LogP contribution >= 0.6 is 0 Å². The monoisotopic (exact) mass is 168 g/mol. The Kier molecular flexibility index (Phi) is 4.30. The smallest absolute Gasteiger partial charge is 0.0519 e. The molecule has 0 saturated carbocycles. The first-order valence-electron chi connectivity index (χ1n) is 5.01. The first-order chi connectivity index (χ1) is 5.79. The molecule has 0 aliphatic carbocycles. The van der Waals surface area contributed by atoms with Gasteiger partial charge in [-0.15, -0.1) is 0 Å². The average molecular weight is 168 g/mol. The van der Waals surface area contributed by atoms with Gasteiger partial charge in [0.1, 0.15) is 0 Å². The quantitative estimate of drug-likeness (QED) is 0.639. The Balaban J connectivity index is 2.15. The third kappa shape index (κ3) is 3.86. The minimum absolute atomic E-state index is 0.602. The fraction of sp³-hybridized carbons (Fsp3) is 0.900. The van der Waals surface area contributed by atoms with Crippen molar-refractivity contribution in [2.45, 2.75) is 39.2 Å². The highest BCUT2D eigenvalue weighted by Crippen LogP contribution is 2.06. The summed E-state index contributed by atoms with van der Waals surface area (Å²) in [4.78, 5) is 4.56. The zero-order chi connectivity index (χ0) is 8.81. The zero-order valence-corrected chi connectivity index (χ0v) is 8.21. The van der Waals surface area contributed by atoms with E-state index in [1.165, 1.54) is 12.8 Å². The predicted molar refractivity (Wildman–Crippen MR) is 53.8 cm³/mol. The Labute approximate surface area is 75.5 Å². The van der Waals surface area contributed by atoms with Crippen LogP contribution in [0.4, 0.5) is 0 Å². The van der Waals surface area contributed by atoms with Gasteiger partial charge in [-0.3, -0.25) is 4.99 Å². The van der Waals surface area contributed by atoms with Gasteiger partial charge in [-0.2, -0.15) is 0 Å². The van der Waals surface area contributed by atoms with E-state index < -0.39 is 0 Å². The molecule has 0 unspecified atom stereocenters. The van der Waals surface area contributed by atoms with Crippen molar-refractivity contribution in [2.24, 2.45) is 10.9 Å². The van der Waals surface area contributed by atoms with E-state index in [0.717, 1.165) is 25.4 Å². The molecule has 1 aliphatic rings. The molecule has 0 aromatic carbocycles. The molecule has 1 rings (SSSR count). The SMILES string of the molecule is CC(C)CC=NC1CCNCC1. The predicted octanol–water partition coefficient (Wildman–Crippen LogP) is 1.86. The summed E-state index contributed by atoms with van der Waals surface area (Å²) in [5.74, 6) is 0.746. The number of hydrogen-bond acceptors (Lipinski definition) is 2. The van der Waals surface area contributed by atoms with Crippen molar-refractivity contribution in [3.8, 4) is 0 Å². The van der Waals surface area contributed by atoms with E-state index in [0.29, 0.717) is 6.04 Å². The van der Waals surface area contributed by atoms with Gasteiger partial charge in [0.15, 0.2) is 0 Å². The van der Waals surface area contributed by atoms with Crippen molar-refractivity contribution in [3.05, 3.63) is 0 Å². The van der Waals surface area contributed by atoms with Crippen LogP contribution in [0.3, 0.4) is 0 Å². The molecule has 0 amide bonds. The number of rotatable bonds is 3. The number of hydrogen-bond donors (Lipinski definition) is 1. The first-order valence-corrected chi connectivity index (χ1v) is 5.01. The molecule has 12 heavy (non-hydrogen) atoms. The molecule has 1 aliphatic heterocycles. The summed E-state index contributed by atoms with van der Waals surface area (Å²) < 4.78 is 0. The van der Waals surface area contributed by atoms with E-state index >= 15 is 0 Å². The summed E-state index contributed by atoms with van der Waals surface area (Å²) in [6.07, 6.45) is 5.67. The highest BCUT2D eigenvalue weighted by Gasteiger charge is 2.09. The number of nitrogens with zero attached hydrogens (tertiary/aromatic N) is 1. The highest BCUT2D eigenvalue weighted by molar-refractivity contribution is 5.57. The Morgan fingerprint density at radius 3 is 2.67 bits per heavy atom. The number of nitrogens with one attached hydrogen (secondary N) is 1. The van der Waals surface area contributed by atoms with Crippen LogP contribution in [-0.2, 0) is 0 Å². The molecule has 0 aromatic rings. The summed E-state index contributed by atoms with van der Waals surface area (Å²) in [6.45, 7) is 6.75. The summed E-state index contributed by atoms with van der Waals surface area (Å²) in [6, 6.07) is 0.602. The zero-order valence-electron chi connectivity index (χ0n) is 8.21. The minimum Gasteiger partial charge on any atom is -0.317 e. The fourth-order valence-electron chi connectivity index (χ4n) is 1.38. The second-order valence-corrected chi connectivity index (χ2v) is 3.94. The Hall–Kier alpha value is -0.370. The molecule has 0 radical (unpaired) electrons.